The van der Waals surface area contributed by atoms with Gasteiger partial charge in [-0.1, -0.05) is 34.8 Å². The Morgan fingerprint density at radius 2 is 1.45 bits per heavy atom. The fraction of sp³-hybridized carbons (Fsp3) is 0.750. The maximum atomic E-state index is 9.62. The minimum Gasteiger partial charge on any atom is -0.478 e. The molecule has 0 amide bonds. The van der Waals surface area contributed by atoms with Crippen molar-refractivity contribution in [3.63, 3.8) is 0 Å². The van der Waals surface area contributed by atoms with Gasteiger partial charge in [0.15, 0.2) is 0 Å². The van der Waals surface area contributed by atoms with E-state index in [9.17, 15) is 4.79 Å². The molecule has 0 rings (SSSR count). The zero-order valence-corrected chi connectivity index (χ0v) is 8.15. The molecular weight excluding hydrogens is 216 g/mol. The fourth-order valence-corrected chi connectivity index (χ4v) is 0. The van der Waals surface area contributed by atoms with E-state index in [1.807, 2.05) is 0 Å². The molecule has 7 heteroatoms. The zero-order chi connectivity index (χ0) is 9.65. The van der Waals surface area contributed by atoms with Crippen LogP contribution in [0, 0.1) is 0 Å². The summed E-state index contributed by atoms with van der Waals surface area (Å²) in [5.41, 5.74) is 0. The summed E-state index contributed by atoms with van der Waals surface area (Å²) < 4.78 is -2.17. The number of hydrogen-bond donors (Lipinski definition) is 2. The van der Waals surface area contributed by atoms with Crippen LogP contribution in [0.1, 0.15) is 0 Å². The van der Waals surface area contributed by atoms with E-state index in [2.05, 4.69) is 0 Å². The van der Waals surface area contributed by atoms with Crippen molar-refractivity contribution in [1.82, 2.24) is 5.06 Å². The molecule has 0 aromatic heterocycles. The van der Waals surface area contributed by atoms with E-state index in [0.29, 0.717) is 0 Å². The highest BCUT2D eigenvalue weighted by molar-refractivity contribution is 6.75. The zero-order valence-electron chi connectivity index (χ0n) is 5.88. The molecule has 0 saturated carbocycles. The number of alkyl halides is 3. The average Bonchev–Trinajstić information content (AvgIpc) is 1.59. The molecule has 0 aliphatic heterocycles. The smallest absolute Gasteiger partial charge is 0.356 e. The van der Waals surface area contributed by atoms with E-state index in [0.717, 1.165) is 5.06 Å². The van der Waals surface area contributed by atoms with Crippen molar-refractivity contribution in [2.75, 3.05) is 14.1 Å². The van der Waals surface area contributed by atoms with Crippen LogP contribution in [-0.2, 0) is 4.79 Å². The van der Waals surface area contributed by atoms with Gasteiger partial charge in [0.25, 0.3) is 3.79 Å². The van der Waals surface area contributed by atoms with Crippen molar-refractivity contribution in [3.8, 4) is 0 Å². The monoisotopic (exact) mass is 223 g/mol. The number of hydrogen-bond acceptors (Lipinski definition) is 3. The molecule has 0 unspecified atom stereocenters. The summed E-state index contributed by atoms with van der Waals surface area (Å²) in [4.78, 5) is 9.62. The summed E-state index contributed by atoms with van der Waals surface area (Å²) in [6.07, 6.45) is 0. The van der Waals surface area contributed by atoms with Gasteiger partial charge in [-0.15, -0.1) is 0 Å². The van der Waals surface area contributed by atoms with Crippen molar-refractivity contribution in [2.45, 2.75) is 3.79 Å². The maximum absolute atomic E-state index is 9.62. The molecule has 4 nitrogen and oxygen atoms in total. The topological polar surface area (TPSA) is 60.8 Å². The van der Waals surface area contributed by atoms with Crippen LogP contribution in [0.2, 0.25) is 0 Å². The van der Waals surface area contributed by atoms with Crippen LogP contribution in [0.25, 0.3) is 0 Å². The average molecular weight is 224 g/mol. The largest absolute Gasteiger partial charge is 0.478 e. The highest BCUT2D eigenvalue weighted by atomic mass is 35.6. The summed E-state index contributed by atoms with van der Waals surface area (Å²) in [6.45, 7) is 0. The Morgan fingerprint density at radius 3 is 1.45 bits per heavy atom. The lowest BCUT2D eigenvalue weighted by Gasteiger charge is -1.99. The number of halogens is 3. The van der Waals surface area contributed by atoms with Crippen LogP contribution >= 0.6 is 34.8 Å². The molecular formula is C4H8Cl3NO3. The predicted molar refractivity (Wildman–Crippen MR) is 43.4 cm³/mol. The Morgan fingerprint density at radius 1 is 1.36 bits per heavy atom. The molecule has 0 bridgehead atoms. The third-order valence-corrected chi connectivity index (χ3v) is 0.728. The number of aliphatic carboxylic acids is 1. The third kappa shape index (κ3) is 17.9. The SMILES string of the molecule is CN(C)O.O=C(O)C(Cl)(Cl)Cl. The van der Waals surface area contributed by atoms with Gasteiger partial charge in [0, 0.05) is 14.1 Å². The Bertz CT molecular complexity index is 119. The standard InChI is InChI=1S/C2HCl3O2.C2H7NO/c3-2(4,5)1(6)7;1-3(2)4/h(H,6,7);4H,1-2H3. The first kappa shape index (κ1) is 13.8. The number of hydroxylamine groups is 2. The Hall–Kier alpha value is 0.260. The van der Waals surface area contributed by atoms with Crippen molar-refractivity contribution < 1.29 is 15.1 Å². The number of carbonyl (C=O) groups is 1. The summed E-state index contributed by atoms with van der Waals surface area (Å²) in [5.74, 6) is -1.46. The van der Waals surface area contributed by atoms with Gasteiger partial charge in [-0.25, -0.2) is 4.79 Å². The molecule has 0 spiro atoms. The fourth-order valence-electron chi connectivity index (χ4n) is 0. The van der Waals surface area contributed by atoms with E-state index < -0.39 is 9.76 Å². The molecule has 0 aromatic rings. The molecule has 0 radical (unpaired) electrons. The molecule has 0 heterocycles. The van der Waals surface area contributed by atoms with Gasteiger partial charge in [0.05, 0.1) is 0 Å². The van der Waals surface area contributed by atoms with E-state index in [-0.39, 0.29) is 0 Å². The molecule has 0 atom stereocenters. The number of carboxylic acid groups (broad SMARTS) is 1. The summed E-state index contributed by atoms with van der Waals surface area (Å²) in [7, 11) is 3.11. The lowest BCUT2D eigenvalue weighted by molar-refractivity contribution is -0.135. The van der Waals surface area contributed by atoms with Crippen LogP contribution in [0.5, 0.6) is 0 Å². The molecule has 0 aromatic carbocycles. The highest BCUT2D eigenvalue weighted by Gasteiger charge is 2.29. The number of rotatable bonds is 0. The summed E-state index contributed by atoms with van der Waals surface area (Å²) in [5, 5.41) is 16.7. The minimum absolute atomic E-state index is 1.00. The molecule has 0 saturated heterocycles. The van der Waals surface area contributed by atoms with Gasteiger partial charge in [-0.05, 0) is 0 Å². The number of nitrogens with zero attached hydrogens (tertiary/aromatic N) is 1. The molecule has 0 aliphatic carbocycles. The highest BCUT2D eigenvalue weighted by Crippen LogP contribution is 2.25. The van der Waals surface area contributed by atoms with Gasteiger partial charge in [0.2, 0.25) is 0 Å². The van der Waals surface area contributed by atoms with Gasteiger partial charge in [-0.3, -0.25) is 0 Å². The second-order valence-electron chi connectivity index (χ2n) is 1.65. The Kier molecular flexibility index (Phi) is 7.36. The van der Waals surface area contributed by atoms with Crippen molar-refractivity contribution >= 4 is 40.8 Å². The molecule has 0 aliphatic rings. The predicted octanol–water partition coefficient (Wildman–Crippen LogP) is 1.38. The van der Waals surface area contributed by atoms with Crippen LogP contribution in [0.3, 0.4) is 0 Å². The second-order valence-corrected chi connectivity index (χ2v) is 3.93. The number of carboxylic acids is 1. The van der Waals surface area contributed by atoms with Crippen molar-refractivity contribution in [3.05, 3.63) is 0 Å². The quantitative estimate of drug-likeness (QED) is 0.482. The molecule has 11 heavy (non-hydrogen) atoms. The molecule has 0 fully saturated rings. The van der Waals surface area contributed by atoms with Gasteiger partial charge >= 0.3 is 5.97 Å². The van der Waals surface area contributed by atoms with Crippen molar-refractivity contribution in [1.29, 1.82) is 0 Å². The lowest BCUT2D eigenvalue weighted by atomic mass is 10.8. The van der Waals surface area contributed by atoms with E-state index >= 15 is 0 Å². The molecule has 2 N–H and O–H groups in total. The summed E-state index contributed by atoms with van der Waals surface area (Å²) in [6, 6.07) is 0. The first-order chi connectivity index (χ1) is 4.68. The lowest BCUT2D eigenvalue weighted by Crippen LogP contribution is -2.16. The van der Waals surface area contributed by atoms with Crippen LogP contribution in [-0.4, -0.2) is 39.2 Å². The van der Waals surface area contributed by atoms with Gasteiger partial charge < -0.3 is 10.3 Å². The van der Waals surface area contributed by atoms with E-state index in [1.54, 1.807) is 14.1 Å². The van der Waals surface area contributed by atoms with Crippen LogP contribution < -0.4 is 0 Å². The van der Waals surface area contributed by atoms with Gasteiger partial charge in [-0.2, -0.15) is 5.06 Å². The minimum atomic E-state index is -2.17. The van der Waals surface area contributed by atoms with Crippen LogP contribution in [0.4, 0.5) is 0 Å². The first-order valence-electron chi connectivity index (χ1n) is 2.34. The molecule has 68 valence electrons. The Balaban J connectivity index is 0. The van der Waals surface area contributed by atoms with Crippen molar-refractivity contribution in [2.24, 2.45) is 0 Å². The normalized spacial score (nSPS) is 10.5. The first-order valence-corrected chi connectivity index (χ1v) is 3.47. The van der Waals surface area contributed by atoms with E-state index in [4.69, 9.17) is 45.1 Å². The second kappa shape index (κ2) is 5.85. The Labute approximate surface area is 79.2 Å². The van der Waals surface area contributed by atoms with E-state index in [1.165, 1.54) is 0 Å². The maximum Gasteiger partial charge on any atom is 0.356 e. The van der Waals surface area contributed by atoms with Gasteiger partial charge in [0.1, 0.15) is 0 Å². The van der Waals surface area contributed by atoms with Crippen LogP contribution in [0.15, 0.2) is 0 Å². The third-order valence-electron chi connectivity index (χ3n) is 0.243. The summed E-state index contributed by atoms with van der Waals surface area (Å²) >= 11 is 14.4.